The number of anilines is 1. The molecule has 0 bridgehead atoms. The van der Waals surface area contributed by atoms with Crippen LogP contribution in [0.1, 0.15) is 19.1 Å². The largest absolute Gasteiger partial charge is 0.469 e. The average molecular weight is 315 g/mol. The average Bonchev–Trinajstić information content (AvgIpc) is 3.02. The van der Waals surface area contributed by atoms with Crippen LogP contribution in [-0.2, 0) is 13.8 Å². The third-order valence-corrected chi connectivity index (χ3v) is 3.70. The van der Waals surface area contributed by atoms with Crippen molar-refractivity contribution in [2.75, 3.05) is 12.3 Å². The van der Waals surface area contributed by atoms with E-state index in [4.69, 9.17) is 20.3 Å². The number of hydrogen-bond acceptors (Lipinski definition) is 7. The summed E-state index contributed by atoms with van der Waals surface area (Å²) in [6.07, 6.45) is 3.47. The van der Waals surface area contributed by atoms with E-state index in [1.165, 1.54) is 6.33 Å². The van der Waals surface area contributed by atoms with Crippen LogP contribution in [0.4, 0.5) is 5.82 Å². The molecule has 114 valence electrons. The zero-order valence-corrected chi connectivity index (χ0v) is 11.8. The number of nitrogens with zero attached hydrogens (tertiary/aromatic N) is 4. The maximum absolute atomic E-state index is 10.7. The molecule has 11 heteroatoms. The monoisotopic (exact) mass is 315 g/mol. The van der Waals surface area contributed by atoms with Crippen molar-refractivity contribution in [1.82, 2.24) is 19.5 Å². The molecule has 0 aliphatic carbocycles. The predicted octanol–water partition coefficient (Wildman–Crippen LogP) is 0.195. The maximum atomic E-state index is 10.7. The van der Waals surface area contributed by atoms with Gasteiger partial charge < -0.3 is 20.3 Å². The minimum Gasteiger partial charge on any atom is -0.382 e. The molecule has 10 nitrogen and oxygen atoms in total. The molecule has 2 atom stereocenters. The van der Waals surface area contributed by atoms with Gasteiger partial charge in [-0.15, -0.1) is 0 Å². The molecule has 0 aromatic carbocycles. The third kappa shape index (κ3) is 3.04. The van der Waals surface area contributed by atoms with Gasteiger partial charge in [0, 0.05) is 0 Å². The number of rotatable bonds is 4. The number of phosphoric ester groups is 1. The molecule has 1 saturated heterocycles. The van der Waals surface area contributed by atoms with Crippen molar-refractivity contribution in [2.45, 2.75) is 25.2 Å². The van der Waals surface area contributed by atoms with Crippen molar-refractivity contribution in [3.63, 3.8) is 0 Å². The van der Waals surface area contributed by atoms with Gasteiger partial charge in [-0.3, -0.25) is 9.09 Å². The number of phosphoric acid groups is 1. The maximum Gasteiger partial charge on any atom is 0.469 e. The van der Waals surface area contributed by atoms with Crippen molar-refractivity contribution < 1.29 is 23.6 Å². The predicted molar refractivity (Wildman–Crippen MR) is 70.9 cm³/mol. The van der Waals surface area contributed by atoms with Gasteiger partial charge in [0.15, 0.2) is 11.5 Å². The summed E-state index contributed by atoms with van der Waals surface area (Å²) in [4.78, 5) is 29.5. The normalized spacial score (nSPS) is 23.0. The van der Waals surface area contributed by atoms with E-state index >= 15 is 0 Å². The van der Waals surface area contributed by atoms with Crippen LogP contribution in [0.15, 0.2) is 12.7 Å². The van der Waals surface area contributed by atoms with Crippen LogP contribution < -0.4 is 5.73 Å². The van der Waals surface area contributed by atoms with Gasteiger partial charge in [0.25, 0.3) is 0 Å². The van der Waals surface area contributed by atoms with Gasteiger partial charge in [0.2, 0.25) is 0 Å². The van der Waals surface area contributed by atoms with Gasteiger partial charge >= 0.3 is 7.82 Å². The summed E-state index contributed by atoms with van der Waals surface area (Å²) in [5, 5.41) is 0. The van der Waals surface area contributed by atoms with Gasteiger partial charge in [-0.25, -0.2) is 19.5 Å². The van der Waals surface area contributed by atoms with Gasteiger partial charge in [-0.2, -0.15) is 0 Å². The smallest absolute Gasteiger partial charge is 0.382 e. The second kappa shape index (κ2) is 5.32. The van der Waals surface area contributed by atoms with Gasteiger partial charge in [0.05, 0.1) is 19.0 Å². The van der Waals surface area contributed by atoms with E-state index in [-0.39, 0.29) is 24.8 Å². The Bertz CT molecular complexity index is 700. The zero-order chi connectivity index (χ0) is 15.0. The summed E-state index contributed by atoms with van der Waals surface area (Å²) in [7, 11) is -4.48. The van der Waals surface area contributed by atoms with Gasteiger partial charge in [-0.1, -0.05) is 0 Å². The molecule has 21 heavy (non-hydrogen) atoms. The van der Waals surface area contributed by atoms with Crippen LogP contribution in [0.5, 0.6) is 0 Å². The number of fused-ring (bicyclic) bond motifs is 1. The number of nitrogen functional groups attached to an aromatic ring is 1. The lowest BCUT2D eigenvalue weighted by atomic mass is 10.2. The summed E-state index contributed by atoms with van der Waals surface area (Å²) in [6, 6.07) is 0. The molecular formula is C10H14N5O5P. The Labute approximate surface area is 119 Å². The van der Waals surface area contributed by atoms with Crippen LogP contribution in [0.2, 0.25) is 0 Å². The van der Waals surface area contributed by atoms with Crippen LogP contribution in [0.25, 0.3) is 11.2 Å². The lowest BCUT2D eigenvalue weighted by molar-refractivity contribution is -0.0205. The Hall–Kier alpha value is -1.58. The van der Waals surface area contributed by atoms with Crippen molar-refractivity contribution in [3.8, 4) is 0 Å². The van der Waals surface area contributed by atoms with Crippen LogP contribution in [0, 0.1) is 0 Å². The molecule has 1 aliphatic rings. The lowest BCUT2D eigenvalue weighted by Crippen LogP contribution is -2.16. The molecule has 0 spiro atoms. The quantitative estimate of drug-likeness (QED) is 0.673. The summed E-state index contributed by atoms with van der Waals surface area (Å²) >= 11 is 0. The first-order chi connectivity index (χ1) is 9.94. The second-order valence-electron chi connectivity index (χ2n) is 4.66. The highest BCUT2D eigenvalue weighted by Gasteiger charge is 2.30. The van der Waals surface area contributed by atoms with Crippen molar-refractivity contribution in [1.29, 1.82) is 0 Å². The topological polar surface area (TPSA) is 146 Å². The first kappa shape index (κ1) is 14.4. The van der Waals surface area contributed by atoms with E-state index < -0.39 is 7.82 Å². The Morgan fingerprint density at radius 2 is 2.24 bits per heavy atom. The van der Waals surface area contributed by atoms with Crippen molar-refractivity contribution in [3.05, 3.63) is 12.7 Å². The van der Waals surface area contributed by atoms with E-state index in [9.17, 15) is 4.57 Å². The van der Waals surface area contributed by atoms with E-state index in [2.05, 4.69) is 19.5 Å². The zero-order valence-electron chi connectivity index (χ0n) is 10.9. The lowest BCUT2D eigenvalue weighted by Gasteiger charge is -2.15. The Balaban J connectivity index is 1.73. The van der Waals surface area contributed by atoms with Gasteiger partial charge in [0.1, 0.15) is 18.1 Å². The summed E-state index contributed by atoms with van der Waals surface area (Å²) in [5.41, 5.74) is 6.77. The number of ether oxygens (including phenoxy) is 1. The molecule has 3 rings (SSSR count). The fourth-order valence-corrected chi connectivity index (χ4v) is 2.64. The SMILES string of the molecule is Nc1ncnc2c1ncn2C1CC[C@@H](COP(=O)(O)O)O1. The van der Waals surface area contributed by atoms with Crippen LogP contribution in [-0.4, -0.2) is 42.0 Å². The standard InChI is InChI=1S/C10H14N5O5P/c11-9-8-10(13-4-12-9)15(5-14-8)7-2-1-6(20-7)3-19-21(16,17)18/h4-7H,1-3H2,(H2,11,12,13)(H2,16,17,18)/t6-,7?/m0/s1. The Kier molecular flexibility index (Phi) is 3.64. The Morgan fingerprint density at radius 1 is 1.43 bits per heavy atom. The minimum absolute atomic E-state index is 0.162. The molecule has 3 heterocycles. The van der Waals surface area contributed by atoms with Gasteiger partial charge in [-0.05, 0) is 12.8 Å². The number of hydrogen-bond donors (Lipinski definition) is 3. The van der Waals surface area contributed by atoms with Crippen molar-refractivity contribution in [2.24, 2.45) is 0 Å². The highest BCUT2D eigenvalue weighted by Crippen LogP contribution is 2.38. The van der Waals surface area contributed by atoms with Crippen molar-refractivity contribution >= 4 is 24.8 Å². The highest BCUT2D eigenvalue weighted by atomic mass is 31.2. The molecule has 0 saturated carbocycles. The second-order valence-corrected chi connectivity index (χ2v) is 5.90. The summed E-state index contributed by atoms with van der Waals surface area (Å²) in [5.74, 6) is 0.290. The molecule has 2 aromatic heterocycles. The number of imidazole rings is 1. The summed E-state index contributed by atoms with van der Waals surface area (Å²) < 4.78 is 22.6. The molecule has 2 aromatic rings. The molecule has 1 unspecified atom stereocenters. The van der Waals surface area contributed by atoms with Crippen LogP contribution >= 0.6 is 7.82 Å². The third-order valence-electron chi connectivity index (χ3n) is 3.21. The summed E-state index contributed by atoms with van der Waals surface area (Å²) in [6.45, 7) is -0.162. The minimum atomic E-state index is -4.48. The first-order valence-corrected chi connectivity index (χ1v) is 7.75. The molecular weight excluding hydrogens is 301 g/mol. The fourth-order valence-electron chi connectivity index (χ4n) is 2.27. The number of nitrogens with two attached hydrogens (primary N) is 1. The Morgan fingerprint density at radius 3 is 3.00 bits per heavy atom. The van der Waals surface area contributed by atoms with E-state index in [0.29, 0.717) is 24.0 Å². The molecule has 1 fully saturated rings. The van der Waals surface area contributed by atoms with Crippen LogP contribution in [0.3, 0.4) is 0 Å². The van der Waals surface area contributed by atoms with E-state index in [1.54, 1.807) is 10.9 Å². The molecule has 0 radical (unpaired) electrons. The first-order valence-electron chi connectivity index (χ1n) is 6.22. The van der Waals surface area contributed by atoms with E-state index in [0.717, 1.165) is 0 Å². The molecule has 0 amide bonds. The number of aromatic nitrogens is 4. The molecule has 4 N–H and O–H groups in total. The molecule has 1 aliphatic heterocycles. The highest BCUT2D eigenvalue weighted by molar-refractivity contribution is 7.46. The van der Waals surface area contributed by atoms with E-state index in [1.807, 2.05) is 0 Å². The fraction of sp³-hybridized carbons (Fsp3) is 0.500.